The molecule has 0 heterocycles. The van der Waals surface area contributed by atoms with E-state index in [0.29, 0.717) is 0 Å². The van der Waals surface area contributed by atoms with Crippen LogP contribution in [0.2, 0.25) is 0 Å². The fourth-order valence-corrected chi connectivity index (χ4v) is 4.42. The van der Waals surface area contributed by atoms with E-state index in [1.54, 1.807) is 0 Å². The molecule has 6 aromatic rings. The van der Waals surface area contributed by atoms with Crippen molar-refractivity contribution in [3.8, 4) is 0 Å². The van der Waals surface area contributed by atoms with Crippen molar-refractivity contribution < 1.29 is 0 Å². The van der Waals surface area contributed by atoms with Crippen LogP contribution >= 0.6 is 0 Å². The minimum atomic E-state index is 1.10. The smallest absolute Gasteiger partial charge is 0.0390 e. The summed E-state index contributed by atoms with van der Waals surface area (Å²) in [4.78, 5) is 0. The van der Waals surface area contributed by atoms with Crippen molar-refractivity contribution in [3.63, 3.8) is 0 Å². The minimum Gasteiger partial charge on any atom is -0.355 e. The highest BCUT2D eigenvalue weighted by atomic mass is 14.9. The molecule has 1 nitrogen and oxygen atoms in total. The normalized spacial score (nSPS) is 11.4. The van der Waals surface area contributed by atoms with Crippen LogP contribution in [-0.4, -0.2) is 0 Å². The molecule has 0 aliphatic rings. The van der Waals surface area contributed by atoms with Crippen LogP contribution in [0.3, 0.4) is 0 Å². The predicted molar refractivity (Wildman–Crippen MR) is 126 cm³/mol. The van der Waals surface area contributed by atoms with Gasteiger partial charge in [0.25, 0.3) is 0 Å². The van der Waals surface area contributed by atoms with E-state index in [2.05, 4.69) is 115 Å². The molecule has 0 radical (unpaired) electrons. The zero-order valence-corrected chi connectivity index (χ0v) is 15.9. The highest BCUT2D eigenvalue weighted by molar-refractivity contribution is 6.25. The number of hydrogen-bond donors (Lipinski definition) is 1. The molecule has 0 amide bonds. The Morgan fingerprint density at radius 1 is 0.345 bits per heavy atom. The summed E-state index contributed by atoms with van der Waals surface area (Å²) in [7, 11) is 0. The zero-order valence-electron chi connectivity index (χ0n) is 15.9. The maximum atomic E-state index is 3.60. The molecule has 6 rings (SSSR count). The number of benzene rings is 6. The summed E-state index contributed by atoms with van der Waals surface area (Å²) in [5.74, 6) is 0. The molecule has 29 heavy (non-hydrogen) atoms. The fourth-order valence-electron chi connectivity index (χ4n) is 4.42. The minimum absolute atomic E-state index is 1.10. The molecule has 1 heteroatoms. The second-order valence-corrected chi connectivity index (χ2v) is 7.54. The molecular formula is C28H19N. The van der Waals surface area contributed by atoms with Gasteiger partial charge in [-0.2, -0.15) is 0 Å². The molecule has 1 N–H and O–H groups in total. The number of nitrogens with one attached hydrogen (secondary N) is 1. The Bertz CT molecular complexity index is 1490. The maximum absolute atomic E-state index is 3.60. The lowest BCUT2D eigenvalue weighted by Crippen LogP contribution is -1.91. The number of hydrogen-bond acceptors (Lipinski definition) is 1. The van der Waals surface area contributed by atoms with Gasteiger partial charge in [-0.05, 0) is 67.4 Å². The van der Waals surface area contributed by atoms with E-state index in [0.717, 1.165) is 11.4 Å². The van der Waals surface area contributed by atoms with Gasteiger partial charge >= 0.3 is 0 Å². The number of fused-ring (bicyclic) bond motifs is 7. The molecule has 0 saturated heterocycles. The van der Waals surface area contributed by atoms with Crippen LogP contribution < -0.4 is 5.32 Å². The van der Waals surface area contributed by atoms with E-state index in [4.69, 9.17) is 0 Å². The van der Waals surface area contributed by atoms with Crippen LogP contribution in [0.1, 0.15) is 0 Å². The molecule has 0 aliphatic heterocycles. The molecule has 0 bridgehead atoms. The third kappa shape index (κ3) is 2.63. The van der Waals surface area contributed by atoms with E-state index < -0.39 is 0 Å². The third-order valence-electron chi connectivity index (χ3n) is 5.78. The molecule has 6 aromatic carbocycles. The molecule has 0 aliphatic carbocycles. The van der Waals surface area contributed by atoms with E-state index in [1.807, 2.05) is 0 Å². The summed E-state index contributed by atoms with van der Waals surface area (Å²) in [6.07, 6.45) is 0. The topological polar surface area (TPSA) is 12.0 Å². The van der Waals surface area contributed by atoms with Gasteiger partial charge < -0.3 is 5.32 Å². The van der Waals surface area contributed by atoms with E-state index in [9.17, 15) is 0 Å². The van der Waals surface area contributed by atoms with E-state index in [1.165, 1.54) is 43.1 Å². The van der Waals surface area contributed by atoms with E-state index >= 15 is 0 Å². The highest BCUT2D eigenvalue weighted by Crippen LogP contribution is 2.36. The van der Waals surface area contributed by atoms with Crippen molar-refractivity contribution in [1.29, 1.82) is 0 Å². The molecule has 0 atom stereocenters. The first-order chi connectivity index (χ1) is 14.4. The second kappa shape index (κ2) is 6.35. The monoisotopic (exact) mass is 369 g/mol. The first-order valence-electron chi connectivity index (χ1n) is 9.96. The number of rotatable bonds is 2. The Kier molecular flexibility index (Phi) is 3.54. The van der Waals surface area contributed by atoms with Crippen LogP contribution in [-0.2, 0) is 0 Å². The van der Waals surface area contributed by atoms with Crippen LogP contribution in [0.4, 0.5) is 11.4 Å². The molecule has 136 valence electrons. The van der Waals surface area contributed by atoms with Gasteiger partial charge in [0.1, 0.15) is 0 Å². The van der Waals surface area contributed by atoms with Crippen LogP contribution in [0.5, 0.6) is 0 Å². The van der Waals surface area contributed by atoms with E-state index in [-0.39, 0.29) is 0 Å². The van der Waals surface area contributed by atoms with Crippen molar-refractivity contribution in [2.75, 3.05) is 5.32 Å². The molecule has 0 saturated carbocycles. The van der Waals surface area contributed by atoms with Crippen molar-refractivity contribution in [1.82, 2.24) is 0 Å². The molecular weight excluding hydrogens is 350 g/mol. The zero-order chi connectivity index (χ0) is 19.2. The lowest BCUT2D eigenvalue weighted by atomic mass is 9.94. The average molecular weight is 369 g/mol. The van der Waals surface area contributed by atoms with Gasteiger partial charge in [0, 0.05) is 11.4 Å². The standard InChI is InChI=1S/C28H19N/c1-2-8-20-17-21(14-13-19(20)7-1)29-22-15-16-27-25-11-4-3-9-23(25)24-10-5-6-12-26(24)28(27)18-22/h1-18,29H. The average Bonchev–Trinajstić information content (AvgIpc) is 2.79. The van der Waals surface area contributed by atoms with Gasteiger partial charge in [-0.3, -0.25) is 0 Å². The van der Waals surface area contributed by atoms with Crippen molar-refractivity contribution >= 4 is 54.5 Å². The Labute approximate surface area is 169 Å². The maximum Gasteiger partial charge on any atom is 0.0390 e. The first-order valence-corrected chi connectivity index (χ1v) is 9.96. The molecule has 0 spiro atoms. The van der Waals surface area contributed by atoms with Crippen molar-refractivity contribution in [3.05, 3.63) is 109 Å². The summed E-state index contributed by atoms with van der Waals surface area (Å²) in [6, 6.07) is 39.1. The largest absolute Gasteiger partial charge is 0.355 e. The van der Waals surface area contributed by atoms with Crippen LogP contribution in [0.25, 0.3) is 43.1 Å². The molecule has 0 fully saturated rings. The Hall–Kier alpha value is -3.84. The Morgan fingerprint density at radius 2 is 0.828 bits per heavy atom. The highest BCUT2D eigenvalue weighted by Gasteiger charge is 2.08. The van der Waals surface area contributed by atoms with Gasteiger partial charge in [-0.15, -0.1) is 0 Å². The van der Waals surface area contributed by atoms with Gasteiger partial charge in [-0.1, -0.05) is 84.9 Å². The first kappa shape index (κ1) is 16.1. The predicted octanol–water partition coefficient (Wildman–Crippen LogP) is 8.04. The van der Waals surface area contributed by atoms with Gasteiger partial charge in [0.15, 0.2) is 0 Å². The lowest BCUT2D eigenvalue weighted by Gasteiger charge is -2.13. The second-order valence-electron chi connectivity index (χ2n) is 7.54. The van der Waals surface area contributed by atoms with Gasteiger partial charge in [0.05, 0.1) is 0 Å². The number of anilines is 2. The Balaban J connectivity index is 1.55. The molecule has 0 aromatic heterocycles. The summed E-state index contributed by atoms with van der Waals surface area (Å²) >= 11 is 0. The van der Waals surface area contributed by atoms with Crippen LogP contribution in [0.15, 0.2) is 109 Å². The third-order valence-corrected chi connectivity index (χ3v) is 5.78. The van der Waals surface area contributed by atoms with Crippen molar-refractivity contribution in [2.24, 2.45) is 0 Å². The van der Waals surface area contributed by atoms with Gasteiger partial charge in [0.2, 0.25) is 0 Å². The quantitative estimate of drug-likeness (QED) is 0.304. The summed E-state index contributed by atoms with van der Waals surface area (Å²) in [6.45, 7) is 0. The summed E-state index contributed by atoms with van der Waals surface area (Å²) in [5, 5.41) is 13.9. The van der Waals surface area contributed by atoms with Crippen molar-refractivity contribution in [2.45, 2.75) is 0 Å². The SMILES string of the molecule is c1ccc2cc(Nc3ccc4c5ccccc5c5ccccc5c4c3)ccc2c1. The van der Waals surface area contributed by atoms with Gasteiger partial charge in [-0.25, -0.2) is 0 Å². The summed E-state index contributed by atoms with van der Waals surface area (Å²) in [5.41, 5.74) is 2.21. The van der Waals surface area contributed by atoms with Crippen LogP contribution in [0, 0.1) is 0 Å². The lowest BCUT2D eigenvalue weighted by molar-refractivity contribution is 1.59. The Morgan fingerprint density at radius 3 is 1.52 bits per heavy atom. The summed E-state index contributed by atoms with van der Waals surface area (Å²) < 4.78 is 0. The fraction of sp³-hybridized carbons (Fsp3) is 0. The molecule has 0 unspecified atom stereocenters.